The van der Waals surface area contributed by atoms with Crippen molar-refractivity contribution in [3.8, 4) is 0 Å². The molecule has 0 bridgehead atoms. The van der Waals surface area contributed by atoms with Crippen molar-refractivity contribution in [1.29, 1.82) is 0 Å². The third-order valence-corrected chi connectivity index (χ3v) is 7.33. The molecule has 2 aliphatic heterocycles. The van der Waals surface area contributed by atoms with Crippen molar-refractivity contribution in [3.05, 3.63) is 35.4 Å². The molecule has 144 valence electrons. The number of hydrogen-bond donors (Lipinski definition) is 2. The number of quaternary nitrogens is 2. The fourth-order valence-electron chi connectivity index (χ4n) is 3.90. The van der Waals surface area contributed by atoms with Crippen molar-refractivity contribution in [2.75, 3.05) is 39.3 Å². The van der Waals surface area contributed by atoms with Crippen LogP contribution in [0.25, 0.3) is 0 Å². The minimum Gasteiger partial charge on any atom is -0.337 e. The van der Waals surface area contributed by atoms with Crippen molar-refractivity contribution in [1.82, 2.24) is 4.90 Å². The van der Waals surface area contributed by atoms with Crippen molar-refractivity contribution in [2.24, 2.45) is 0 Å². The van der Waals surface area contributed by atoms with Gasteiger partial charge in [0.05, 0.1) is 18.3 Å². The Morgan fingerprint density at radius 1 is 1.19 bits per heavy atom. The van der Waals surface area contributed by atoms with Crippen LogP contribution in [0.15, 0.2) is 24.3 Å². The summed E-state index contributed by atoms with van der Waals surface area (Å²) in [5.74, 6) is 0.338. The fourth-order valence-corrected chi connectivity index (χ4v) is 5.33. The quantitative estimate of drug-likeness (QED) is 0.797. The van der Waals surface area contributed by atoms with E-state index >= 15 is 0 Å². The zero-order chi connectivity index (χ0) is 18.7. The molecule has 2 atom stereocenters. The number of amides is 1. The van der Waals surface area contributed by atoms with Gasteiger partial charge in [-0.05, 0) is 23.0 Å². The van der Waals surface area contributed by atoms with E-state index in [2.05, 4.69) is 62.2 Å². The standard InChI is InChI=1S/C21H33N3OS/c1-5-18-19(25)24(15-14-23-12-10-22-11-13-23)20(26-18)16-6-8-17(9-7-16)21(2,3)4/h6-9,18,20,22H,5,10-15H2,1-4H3/p+2/t18-,20-/m1/s1. The van der Waals surface area contributed by atoms with Gasteiger partial charge in [0.25, 0.3) is 0 Å². The van der Waals surface area contributed by atoms with Crippen molar-refractivity contribution in [3.63, 3.8) is 0 Å². The lowest BCUT2D eigenvalue weighted by molar-refractivity contribution is -0.946. The van der Waals surface area contributed by atoms with Crippen molar-refractivity contribution in [2.45, 2.75) is 50.2 Å². The molecule has 0 saturated carbocycles. The molecule has 4 nitrogen and oxygen atoms in total. The zero-order valence-electron chi connectivity index (χ0n) is 16.8. The number of thioether (sulfide) groups is 1. The molecule has 2 aliphatic rings. The molecule has 0 radical (unpaired) electrons. The lowest BCUT2D eigenvalue weighted by Crippen LogP contribution is -3.20. The molecule has 2 saturated heterocycles. The van der Waals surface area contributed by atoms with Crippen LogP contribution in [-0.2, 0) is 10.2 Å². The first-order chi connectivity index (χ1) is 12.4. The van der Waals surface area contributed by atoms with Gasteiger partial charge in [0, 0.05) is 0 Å². The smallest absolute Gasteiger partial charge is 0.237 e. The third-order valence-electron chi connectivity index (χ3n) is 5.68. The summed E-state index contributed by atoms with van der Waals surface area (Å²) < 4.78 is 0. The van der Waals surface area contributed by atoms with Crippen LogP contribution in [0.4, 0.5) is 0 Å². The highest BCUT2D eigenvalue weighted by Crippen LogP contribution is 2.44. The van der Waals surface area contributed by atoms with Crippen molar-refractivity contribution >= 4 is 17.7 Å². The topological polar surface area (TPSA) is 41.4 Å². The SMILES string of the molecule is CC[C@H]1S[C@H](c2ccc(C(C)(C)C)cc2)N(CC[NH+]2CC[NH2+]CC2)C1=O. The van der Waals surface area contributed by atoms with E-state index in [4.69, 9.17) is 0 Å². The number of benzene rings is 1. The summed E-state index contributed by atoms with van der Waals surface area (Å²) in [6.07, 6.45) is 0.919. The zero-order valence-corrected chi connectivity index (χ0v) is 17.6. The average molecular weight is 378 g/mol. The highest BCUT2D eigenvalue weighted by atomic mass is 32.2. The highest BCUT2D eigenvalue weighted by Gasteiger charge is 2.40. The van der Waals surface area contributed by atoms with Gasteiger partial charge in [-0.1, -0.05) is 52.0 Å². The molecule has 0 unspecified atom stereocenters. The van der Waals surface area contributed by atoms with Crippen molar-refractivity contribution < 1.29 is 15.0 Å². The second kappa shape index (κ2) is 8.32. The summed E-state index contributed by atoms with van der Waals surface area (Å²) in [6, 6.07) is 8.95. The Labute approximate surface area is 162 Å². The molecule has 0 spiro atoms. The van der Waals surface area contributed by atoms with Gasteiger partial charge in [-0.25, -0.2) is 0 Å². The molecule has 2 fully saturated rings. The minimum atomic E-state index is 0.118. The van der Waals surface area contributed by atoms with Gasteiger partial charge in [0.1, 0.15) is 31.6 Å². The van der Waals surface area contributed by atoms with Crippen LogP contribution in [0, 0.1) is 0 Å². The number of nitrogens with zero attached hydrogens (tertiary/aromatic N) is 1. The van der Waals surface area contributed by atoms with Crippen LogP contribution >= 0.6 is 11.8 Å². The summed E-state index contributed by atoms with van der Waals surface area (Å²) in [4.78, 5) is 16.7. The fraction of sp³-hybridized carbons (Fsp3) is 0.667. The van der Waals surface area contributed by atoms with Gasteiger partial charge in [-0.15, -0.1) is 11.8 Å². The number of carbonyl (C=O) groups excluding carboxylic acids is 1. The molecule has 1 amide bonds. The second-order valence-corrected chi connectivity index (χ2v) is 9.94. The molecule has 1 aromatic rings. The van der Waals surface area contributed by atoms with E-state index in [1.54, 1.807) is 4.90 Å². The largest absolute Gasteiger partial charge is 0.337 e. The summed E-state index contributed by atoms with van der Waals surface area (Å²) in [7, 11) is 0. The Balaban J connectivity index is 1.73. The van der Waals surface area contributed by atoms with Crippen LogP contribution in [0.2, 0.25) is 0 Å². The summed E-state index contributed by atoms with van der Waals surface area (Å²) in [5, 5.41) is 2.69. The van der Waals surface area contributed by atoms with Gasteiger partial charge in [0.15, 0.2) is 0 Å². The number of nitrogens with two attached hydrogens (primary N) is 1. The number of carbonyl (C=O) groups is 1. The Hall–Kier alpha value is -1.04. The molecular weight excluding hydrogens is 342 g/mol. The molecule has 1 aromatic carbocycles. The molecule has 3 N–H and O–H groups in total. The van der Waals surface area contributed by atoms with Gasteiger partial charge in [0.2, 0.25) is 5.91 Å². The van der Waals surface area contributed by atoms with Crippen LogP contribution in [0.1, 0.15) is 50.6 Å². The second-order valence-electron chi connectivity index (χ2n) is 8.65. The van der Waals surface area contributed by atoms with Gasteiger partial charge in [-0.2, -0.15) is 0 Å². The molecule has 26 heavy (non-hydrogen) atoms. The monoisotopic (exact) mass is 377 g/mol. The van der Waals surface area contributed by atoms with Gasteiger partial charge >= 0.3 is 0 Å². The first-order valence-corrected chi connectivity index (χ1v) is 11.1. The average Bonchev–Trinajstić information content (AvgIpc) is 2.96. The Morgan fingerprint density at radius 2 is 1.85 bits per heavy atom. The maximum absolute atomic E-state index is 12.9. The van der Waals surface area contributed by atoms with E-state index in [-0.39, 0.29) is 16.0 Å². The molecule has 0 aliphatic carbocycles. The van der Waals surface area contributed by atoms with E-state index in [0.29, 0.717) is 5.91 Å². The lowest BCUT2D eigenvalue weighted by atomic mass is 9.86. The molecule has 0 aromatic heterocycles. The van der Waals surface area contributed by atoms with Crippen LogP contribution in [0.3, 0.4) is 0 Å². The lowest BCUT2D eigenvalue weighted by Gasteiger charge is -2.28. The maximum atomic E-state index is 12.9. The molecule has 5 heteroatoms. The minimum absolute atomic E-state index is 0.118. The molecule has 3 rings (SSSR count). The van der Waals surface area contributed by atoms with Crippen LogP contribution in [-0.4, -0.2) is 55.3 Å². The maximum Gasteiger partial charge on any atom is 0.237 e. The summed E-state index contributed by atoms with van der Waals surface area (Å²) >= 11 is 1.84. The normalized spacial score (nSPS) is 25.1. The van der Waals surface area contributed by atoms with E-state index in [0.717, 1.165) is 19.5 Å². The predicted octanol–water partition coefficient (Wildman–Crippen LogP) is 0.799. The van der Waals surface area contributed by atoms with Crippen LogP contribution < -0.4 is 10.2 Å². The van der Waals surface area contributed by atoms with E-state index in [1.165, 1.54) is 37.3 Å². The Bertz CT molecular complexity index is 605. The first-order valence-electron chi connectivity index (χ1n) is 10.1. The third kappa shape index (κ3) is 4.44. The molecular formula is C21H35N3OS+2. The summed E-state index contributed by atoms with van der Waals surface area (Å²) in [5.41, 5.74) is 2.79. The van der Waals surface area contributed by atoms with E-state index < -0.39 is 0 Å². The summed E-state index contributed by atoms with van der Waals surface area (Å²) in [6.45, 7) is 15.7. The predicted molar refractivity (Wildman–Crippen MR) is 108 cm³/mol. The van der Waals surface area contributed by atoms with Gasteiger partial charge < -0.3 is 15.1 Å². The number of hydrogen-bond acceptors (Lipinski definition) is 2. The van der Waals surface area contributed by atoms with Gasteiger partial charge in [-0.3, -0.25) is 4.79 Å². The Morgan fingerprint density at radius 3 is 2.42 bits per heavy atom. The van der Waals surface area contributed by atoms with E-state index in [1.807, 2.05) is 11.8 Å². The first kappa shape index (κ1) is 19.7. The number of rotatable bonds is 5. The Kier molecular flexibility index (Phi) is 6.31. The highest BCUT2D eigenvalue weighted by molar-refractivity contribution is 8.01. The number of nitrogens with one attached hydrogen (secondary N) is 1. The number of piperazine rings is 1. The van der Waals surface area contributed by atoms with Crippen LogP contribution in [0.5, 0.6) is 0 Å². The van der Waals surface area contributed by atoms with E-state index in [9.17, 15) is 4.79 Å². The molecule has 2 heterocycles.